The van der Waals surface area contributed by atoms with Crippen LogP contribution in [0.5, 0.6) is 0 Å². The molecule has 0 saturated carbocycles. The number of hydrogen-bond acceptors (Lipinski definition) is 5. The molecule has 1 rings (SSSR count). The van der Waals surface area contributed by atoms with Crippen LogP contribution >= 0.6 is 11.8 Å². The van der Waals surface area contributed by atoms with Gasteiger partial charge in [0.1, 0.15) is 5.03 Å². The quantitative estimate of drug-likeness (QED) is 0.629. The van der Waals surface area contributed by atoms with Crippen molar-refractivity contribution in [1.29, 1.82) is 0 Å². The van der Waals surface area contributed by atoms with E-state index >= 15 is 0 Å². The van der Waals surface area contributed by atoms with Crippen LogP contribution in [0, 0.1) is 0 Å². The minimum absolute atomic E-state index is 0.213. The number of aromatic nitrogens is 1. The van der Waals surface area contributed by atoms with Crippen LogP contribution in [0.2, 0.25) is 0 Å². The van der Waals surface area contributed by atoms with E-state index in [0.717, 1.165) is 5.56 Å². The van der Waals surface area contributed by atoms with Gasteiger partial charge in [-0.15, -0.1) is 0 Å². The molecule has 0 fully saturated rings. The summed E-state index contributed by atoms with van der Waals surface area (Å²) in [6.45, 7) is 3.82. The lowest BCUT2D eigenvalue weighted by Gasteiger charge is -2.09. The van der Waals surface area contributed by atoms with E-state index in [1.165, 1.54) is 11.8 Å². The third-order valence-electron chi connectivity index (χ3n) is 1.88. The maximum atomic E-state index is 11.2. The third kappa shape index (κ3) is 3.83. The molecule has 1 atom stereocenters. The van der Waals surface area contributed by atoms with Crippen molar-refractivity contribution in [2.24, 2.45) is 0 Å². The van der Waals surface area contributed by atoms with Crippen LogP contribution in [0.25, 0.3) is 0 Å². The van der Waals surface area contributed by atoms with E-state index in [9.17, 15) is 9.90 Å². The molecule has 1 heterocycles. The van der Waals surface area contributed by atoms with Crippen molar-refractivity contribution < 1.29 is 14.6 Å². The van der Waals surface area contributed by atoms with Gasteiger partial charge in [-0.1, -0.05) is 17.8 Å². The van der Waals surface area contributed by atoms with Gasteiger partial charge in [-0.2, -0.15) is 0 Å². The maximum absolute atomic E-state index is 11.2. The highest BCUT2D eigenvalue weighted by molar-refractivity contribution is 7.99. The number of carbonyl (C=O) groups is 1. The lowest BCUT2D eigenvalue weighted by molar-refractivity contribution is -0.139. The highest BCUT2D eigenvalue weighted by atomic mass is 32.2. The number of pyridine rings is 1. The van der Waals surface area contributed by atoms with Gasteiger partial charge in [-0.25, -0.2) is 4.98 Å². The van der Waals surface area contributed by atoms with Gasteiger partial charge < -0.3 is 9.84 Å². The first kappa shape index (κ1) is 13.0. The Morgan fingerprint density at radius 3 is 3.06 bits per heavy atom. The average Bonchev–Trinajstić information content (AvgIpc) is 2.27. The molecular formula is C11H15NO3S. The molecule has 0 amide bonds. The van der Waals surface area contributed by atoms with Crippen molar-refractivity contribution in [2.75, 3.05) is 12.4 Å². The van der Waals surface area contributed by atoms with E-state index in [4.69, 9.17) is 4.74 Å². The summed E-state index contributed by atoms with van der Waals surface area (Å²) in [5, 5.41) is 10.2. The fourth-order valence-electron chi connectivity index (χ4n) is 1.17. The molecule has 0 spiro atoms. The largest absolute Gasteiger partial charge is 0.465 e. The van der Waals surface area contributed by atoms with Gasteiger partial charge in [0, 0.05) is 11.8 Å². The summed E-state index contributed by atoms with van der Waals surface area (Å²) in [5.41, 5.74) is 0.733. The first-order valence-corrected chi connectivity index (χ1v) is 6.05. The Hall–Kier alpha value is -1.07. The molecule has 1 aromatic heterocycles. The normalized spacial score (nSPS) is 12.2. The van der Waals surface area contributed by atoms with Crippen molar-refractivity contribution in [3.05, 3.63) is 23.9 Å². The first-order chi connectivity index (χ1) is 7.65. The molecule has 0 unspecified atom stereocenters. The van der Waals surface area contributed by atoms with Crippen molar-refractivity contribution in [3.63, 3.8) is 0 Å². The zero-order valence-electron chi connectivity index (χ0n) is 9.34. The summed E-state index contributed by atoms with van der Waals surface area (Å²) in [4.78, 5) is 15.3. The fraction of sp³-hybridized carbons (Fsp3) is 0.455. The summed E-state index contributed by atoms with van der Waals surface area (Å²) in [5.74, 6) is -0.0559. The minimum atomic E-state index is -0.585. The van der Waals surface area contributed by atoms with E-state index in [2.05, 4.69) is 4.98 Å². The van der Waals surface area contributed by atoms with Gasteiger partial charge in [-0.05, 0) is 19.9 Å². The molecule has 88 valence electrons. The molecule has 0 aliphatic carbocycles. The van der Waals surface area contributed by atoms with Gasteiger partial charge >= 0.3 is 5.97 Å². The molecule has 1 aromatic rings. The zero-order chi connectivity index (χ0) is 12.0. The summed E-state index contributed by atoms with van der Waals surface area (Å²) >= 11 is 1.28. The van der Waals surface area contributed by atoms with Crippen LogP contribution in [-0.4, -0.2) is 28.4 Å². The standard InChI is InChI=1S/C11H15NO3S/c1-3-15-10(14)7-16-11-9(8(2)13)5-4-6-12-11/h4-6,8,13H,3,7H2,1-2H3/t8-/m1/s1. The van der Waals surface area contributed by atoms with Gasteiger partial charge in [0.05, 0.1) is 18.5 Å². The molecule has 0 aliphatic heterocycles. The Bertz CT molecular complexity index is 355. The summed E-state index contributed by atoms with van der Waals surface area (Å²) in [6.07, 6.45) is 1.05. The zero-order valence-corrected chi connectivity index (χ0v) is 10.2. The molecule has 0 aromatic carbocycles. The average molecular weight is 241 g/mol. The molecule has 0 aliphatic rings. The Labute approximate surface area is 99.0 Å². The van der Waals surface area contributed by atoms with Crippen LogP contribution in [0.1, 0.15) is 25.5 Å². The van der Waals surface area contributed by atoms with Crippen molar-refractivity contribution in [1.82, 2.24) is 4.98 Å². The topological polar surface area (TPSA) is 59.4 Å². The summed E-state index contributed by atoms with van der Waals surface area (Å²) in [6, 6.07) is 3.56. The van der Waals surface area contributed by atoms with Crippen LogP contribution in [-0.2, 0) is 9.53 Å². The Morgan fingerprint density at radius 1 is 1.69 bits per heavy atom. The highest BCUT2D eigenvalue weighted by Crippen LogP contribution is 2.24. The SMILES string of the molecule is CCOC(=O)CSc1ncccc1[C@@H](C)O. The van der Waals surface area contributed by atoms with E-state index in [1.807, 2.05) is 0 Å². The number of thioether (sulfide) groups is 1. The predicted molar refractivity (Wildman–Crippen MR) is 62.2 cm³/mol. The monoisotopic (exact) mass is 241 g/mol. The number of aliphatic hydroxyl groups is 1. The molecule has 1 N–H and O–H groups in total. The smallest absolute Gasteiger partial charge is 0.316 e. The van der Waals surface area contributed by atoms with Gasteiger partial charge in [0.15, 0.2) is 0 Å². The van der Waals surface area contributed by atoms with Crippen LogP contribution in [0.3, 0.4) is 0 Å². The molecule has 0 saturated heterocycles. The molecule has 4 nitrogen and oxygen atoms in total. The van der Waals surface area contributed by atoms with Crippen molar-refractivity contribution in [2.45, 2.75) is 25.0 Å². The predicted octanol–water partition coefficient (Wildman–Crippen LogP) is 1.79. The Balaban J connectivity index is 2.63. The second kappa shape index (κ2) is 6.50. The Morgan fingerprint density at radius 2 is 2.44 bits per heavy atom. The minimum Gasteiger partial charge on any atom is -0.465 e. The number of esters is 1. The number of hydrogen-bond donors (Lipinski definition) is 1. The Kier molecular flexibility index (Phi) is 5.28. The first-order valence-electron chi connectivity index (χ1n) is 5.06. The van der Waals surface area contributed by atoms with Crippen molar-refractivity contribution >= 4 is 17.7 Å². The van der Waals surface area contributed by atoms with Crippen LogP contribution in [0.15, 0.2) is 23.4 Å². The van der Waals surface area contributed by atoms with E-state index < -0.39 is 6.10 Å². The number of nitrogens with zero attached hydrogens (tertiary/aromatic N) is 1. The number of aliphatic hydroxyl groups excluding tert-OH is 1. The molecule has 16 heavy (non-hydrogen) atoms. The molecule has 0 bridgehead atoms. The van der Waals surface area contributed by atoms with E-state index in [0.29, 0.717) is 11.6 Å². The van der Waals surface area contributed by atoms with Crippen LogP contribution < -0.4 is 0 Å². The van der Waals surface area contributed by atoms with Crippen molar-refractivity contribution in [3.8, 4) is 0 Å². The number of carbonyl (C=O) groups excluding carboxylic acids is 1. The third-order valence-corrected chi connectivity index (χ3v) is 2.88. The van der Waals surface area contributed by atoms with Gasteiger partial charge in [-0.3, -0.25) is 4.79 Å². The van der Waals surface area contributed by atoms with Gasteiger partial charge in [0.25, 0.3) is 0 Å². The summed E-state index contributed by atoms with van der Waals surface area (Å²) in [7, 11) is 0. The highest BCUT2D eigenvalue weighted by Gasteiger charge is 2.11. The lowest BCUT2D eigenvalue weighted by atomic mass is 10.2. The van der Waals surface area contributed by atoms with Gasteiger partial charge in [0.2, 0.25) is 0 Å². The molecular weight excluding hydrogens is 226 g/mol. The summed E-state index contributed by atoms with van der Waals surface area (Å²) < 4.78 is 4.81. The van der Waals surface area contributed by atoms with Crippen LogP contribution in [0.4, 0.5) is 0 Å². The lowest BCUT2D eigenvalue weighted by Crippen LogP contribution is -2.07. The second-order valence-corrected chi connectivity index (χ2v) is 4.13. The van der Waals surface area contributed by atoms with E-state index in [-0.39, 0.29) is 11.7 Å². The number of rotatable bonds is 5. The molecule has 5 heteroatoms. The maximum Gasteiger partial charge on any atom is 0.316 e. The fourth-order valence-corrected chi connectivity index (χ4v) is 2.05. The second-order valence-electron chi connectivity index (χ2n) is 3.17. The van der Waals surface area contributed by atoms with E-state index in [1.54, 1.807) is 32.2 Å². The number of ether oxygens (including phenoxy) is 1. The molecule has 0 radical (unpaired) electrons.